The number of carbonyl (C=O) groups excluding carboxylic acids is 3. The summed E-state index contributed by atoms with van der Waals surface area (Å²) in [4.78, 5) is 56.2. The van der Waals surface area contributed by atoms with Crippen LogP contribution in [0.4, 0.5) is 9.18 Å². The Kier molecular flexibility index (Phi) is 8.87. The molecule has 0 spiro atoms. The first-order valence-electron chi connectivity index (χ1n) is 15.7. The molecule has 12 heteroatoms. The summed E-state index contributed by atoms with van der Waals surface area (Å²) in [6, 6.07) is 11.9. The normalized spacial score (nSPS) is 18.5. The number of nitrogens with zero attached hydrogens (tertiary/aromatic N) is 4. The van der Waals surface area contributed by atoms with E-state index in [1.807, 2.05) is 42.2 Å². The van der Waals surface area contributed by atoms with Crippen LogP contribution < -0.4 is 5.32 Å². The van der Waals surface area contributed by atoms with Crippen LogP contribution in [0.25, 0.3) is 33.6 Å². The topological polar surface area (TPSA) is 136 Å². The minimum atomic E-state index is -0.716. The van der Waals surface area contributed by atoms with Crippen LogP contribution in [0.5, 0.6) is 0 Å². The number of aromatic amines is 2. The third-order valence-corrected chi connectivity index (χ3v) is 8.91. The molecular formula is C34H38FN7O4. The summed E-state index contributed by atoms with van der Waals surface area (Å²) in [5.41, 5.74) is 4.31. The number of amides is 3. The van der Waals surface area contributed by atoms with Crippen LogP contribution >= 0.6 is 0 Å². The molecule has 0 saturated carbocycles. The predicted octanol–water partition coefficient (Wildman–Crippen LogP) is 5.75. The van der Waals surface area contributed by atoms with Crippen molar-refractivity contribution < 1.29 is 23.5 Å². The van der Waals surface area contributed by atoms with E-state index in [2.05, 4.69) is 30.0 Å². The molecule has 2 aliphatic rings. The van der Waals surface area contributed by atoms with E-state index in [1.165, 1.54) is 13.2 Å². The van der Waals surface area contributed by atoms with Crippen LogP contribution in [-0.2, 0) is 14.3 Å². The van der Waals surface area contributed by atoms with E-state index >= 15 is 4.39 Å². The van der Waals surface area contributed by atoms with E-state index < -0.39 is 12.1 Å². The molecule has 2 aliphatic heterocycles. The van der Waals surface area contributed by atoms with Gasteiger partial charge in [-0.05, 0) is 61.4 Å². The Balaban J connectivity index is 1.14. The molecule has 2 aromatic carbocycles. The molecule has 0 radical (unpaired) electrons. The van der Waals surface area contributed by atoms with Gasteiger partial charge in [0.2, 0.25) is 11.8 Å². The van der Waals surface area contributed by atoms with Crippen molar-refractivity contribution in [3.8, 4) is 33.6 Å². The zero-order chi connectivity index (χ0) is 32.4. The summed E-state index contributed by atoms with van der Waals surface area (Å²) < 4.78 is 20.0. The third-order valence-electron chi connectivity index (χ3n) is 8.91. The lowest BCUT2D eigenvalue weighted by molar-refractivity contribution is -0.134. The van der Waals surface area contributed by atoms with Gasteiger partial charge in [-0.25, -0.2) is 19.2 Å². The molecule has 240 valence electrons. The Bertz CT molecular complexity index is 1730. The molecule has 0 unspecified atom stereocenters. The second kappa shape index (κ2) is 13.2. The fourth-order valence-corrected chi connectivity index (χ4v) is 6.46. The van der Waals surface area contributed by atoms with E-state index in [0.717, 1.165) is 48.1 Å². The second-order valence-corrected chi connectivity index (χ2v) is 11.8. The van der Waals surface area contributed by atoms with E-state index in [1.54, 1.807) is 30.3 Å². The Labute approximate surface area is 266 Å². The van der Waals surface area contributed by atoms with Gasteiger partial charge in [-0.1, -0.05) is 37.3 Å². The van der Waals surface area contributed by atoms with Gasteiger partial charge in [0.05, 0.1) is 43.0 Å². The average molecular weight is 628 g/mol. The largest absolute Gasteiger partial charge is 0.453 e. The molecule has 2 saturated heterocycles. The van der Waals surface area contributed by atoms with Gasteiger partial charge in [-0.2, -0.15) is 0 Å². The van der Waals surface area contributed by atoms with Gasteiger partial charge >= 0.3 is 6.09 Å². The van der Waals surface area contributed by atoms with Gasteiger partial charge in [0.1, 0.15) is 23.5 Å². The highest BCUT2D eigenvalue weighted by Crippen LogP contribution is 2.35. The number of aromatic nitrogens is 4. The Morgan fingerprint density at radius 1 is 0.913 bits per heavy atom. The number of carbonyl (C=O) groups is 3. The Morgan fingerprint density at radius 3 is 2.15 bits per heavy atom. The predicted molar refractivity (Wildman–Crippen MR) is 170 cm³/mol. The first-order valence-corrected chi connectivity index (χ1v) is 15.7. The molecule has 4 aromatic rings. The van der Waals surface area contributed by atoms with Gasteiger partial charge in [-0.3, -0.25) is 9.59 Å². The number of halogens is 1. The Morgan fingerprint density at radius 2 is 1.50 bits per heavy atom. The fourth-order valence-electron chi connectivity index (χ4n) is 6.46. The van der Waals surface area contributed by atoms with Crippen LogP contribution in [0.3, 0.4) is 0 Å². The molecule has 2 fully saturated rings. The van der Waals surface area contributed by atoms with Gasteiger partial charge in [-0.15, -0.1) is 0 Å². The van der Waals surface area contributed by atoms with E-state index in [-0.39, 0.29) is 29.7 Å². The second-order valence-electron chi connectivity index (χ2n) is 11.8. The maximum atomic E-state index is 15.4. The van der Waals surface area contributed by atoms with Crippen LogP contribution in [0.2, 0.25) is 0 Å². The first-order chi connectivity index (χ1) is 22.3. The number of hydrogen-bond donors (Lipinski definition) is 3. The van der Waals surface area contributed by atoms with Crippen molar-refractivity contribution in [1.29, 1.82) is 0 Å². The summed E-state index contributed by atoms with van der Waals surface area (Å²) in [7, 11) is 1.26. The maximum Gasteiger partial charge on any atom is 0.407 e. The molecule has 2 aromatic heterocycles. The number of H-pyrrole nitrogens is 2. The molecule has 0 aliphatic carbocycles. The molecule has 3 amide bonds. The van der Waals surface area contributed by atoms with Crippen LogP contribution in [-0.4, -0.2) is 73.9 Å². The smallest absolute Gasteiger partial charge is 0.407 e. The number of benzene rings is 2. The van der Waals surface area contributed by atoms with Crippen LogP contribution in [0.15, 0.2) is 54.9 Å². The number of alkyl carbamates (subject to hydrolysis) is 1. The molecule has 3 N–H and O–H groups in total. The average Bonchev–Trinajstić information content (AvgIpc) is 3.90. The number of methoxy groups -OCH3 is 1. The molecular weight excluding hydrogens is 589 g/mol. The standard InChI is InChI=1S/C34H38FN7O4/c1-4-30(43)41-15-5-7-28(41)31-37-19-27(40-31)24-14-13-23(17-25(24)35)21-9-11-22(12-10-21)26-18-36-32(39-26)29-8-6-16-42(29)33(44)20(2)38-34(45)46-3/h9-14,17-20,28-29H,4-8,15-16H2,1-3H3,(H,36,39)(H,37,40)(H,38,45)/t20-,28-,29-/m0/s1. The number of ether oxygens (including phenoxy) is 1. The summed E-state index contributed by atoms with van der Waals surface area (Å²) in [6.07, 6.45) is 6.54. The summed E-state index contributed by atoms with van der Waals surface area (Å²) in [5.74, 6) is 0.920. The summed E-state index contributed by atoms with van der Waals surface area (Å²) in [5, 5.41) is 2.54. The number of rotatable bonds is 8. The maximum absolute atomic E-state index is 15.4. The lowest BCUT2D eigenvalue weighted by Gasteiger charge is -2.26. The monoisotopic (exact) mass is 627 g/mol. The zero-order valence-corrected chi connectivity index (χ0v) is 26.2. The molecule has 11 nitrogen and oxygen atoms in total. The minimum absolute atomic E-state index is 0.100. The fraction of sp³-hybridized carbons (Fsp3) is 0.382. The van der Waals surface area contributed by atoms with Crippen molar-refractivity contribution in [2.75, 3.05) is 20.2 Å². The minimum Gasteiger partial charge on any atom is -0.453 e. The van der Waals surface area contributed by atoms with E-state index in [4.69, 9.17) is 0 Å². The summed E-state index contributed by atoms with van der Waals surface area (Å²) in [6.45, 7) is 4.79. The number of imidazole rings is 2. The van der Waals surface area contributed by atoms with Crippen molar-refractivity contribution in [3.63, 3.8) is 0 Å². The lowest BCUT2D eigenvalue weighted by Crippen LogP contribution is -2.46. The lowest BCUT2D eigenvalue weighted by atomic mass is 10.0. The van der Waals surface area contributed by atoms with E-state index in [9.17, 15) is 14.4 Å². The van der Waals surface area contributed by atoms with Crippen molar-refractivity contribution in [2.45, 2.75) is 64.1 Å². The van der Waals surface area contributed by atoms with Crippen LogP contribution in [0, 0.1) is 5.82 Å². The number of hydrogen-bond acceptors (Lipinski definition) is 6. The SMILES string of the molecule is CCC(=O)N1CCC[C@H]1c1ncc(-c2ccc(-c3ccc(-c4cnc([C@@H]5CCCN5C(=O)[C@H](C)NC(=O)OC)[nH]4)cc3)cc2F)[nH]1. The highest BCUT2D eigenvalue weighted by Gasteiger charge is 2.35. The molecule has 3 atom stereocenters. The zero-order valence-electron chi connectivity index (χ0n) is 26.2. The van der Waals surface area contributed by atoms with E-state index in [0.29, 0.717) is 42.4 Å². The van der Waals surface area contributed by atoms with Crippen molar-refractivity contribution in [1.82, 2.24) is 35.1 Å². The van der Waals surface area contributed by atoms with Crippen molar-refractivity contribution in [2.24, 2.45) is 0 Å². The summed E-state index contributed by atoms with van der Waals surface area (Å²) >= 11 is 0. The number of nitrogens with one attached hydrogen (secondary N) is 3. The molecule has 4 heterocycles. The Hall–Kier alpha value is -5.00. The van der Waals surface area contributed by atoms with Crippen LogP contribution in [0.1, 0.15) is 69.7 Å². The van der Waals surface area contributed by atoms with Gasteiger partial charge in [0.25, 0.3) is 0 Å². The molecule has 0 bridgehead atoms. The van der Waals surface area contributed by atoms with Gasteiger partial charge in [0, 0.05) is 25.1 Å². The third kappa shape index (κ3) is 6.11. The highest BCUT2D eigenvalue weighted by molar-refractivity contribution is 5.85. The van der Waals surface area contributed by atoms with Crippen molar-refractivity contribution >= 4 is 17.9 Å². The van der Waals surface area contributed by atoms with Crippen molar-refractivity contribution in [3.05, 3.63) is 72.3 Å². The first kappa shape index (κ1) is 31.0. The molecule has 46 heavy (non-hydrogen) atoms. The van der Waals surface area contributed by atoms with Gasteiger partial charge in [0.15, 0.2) is 0 Å². The van der Waals surface area contributed by atoms with Gasteiger partial charge < -0.3 is 29.8 Å². The highest BCUT2D eigenvalue weighted by atomic mass is 19.1. The quantitative estimate of drug-likeness (QED) is 0.228. The molecule has 6 rings (SSSR count). The number of likely N-dealkylation sites (tertiary alicyclic amines) is 2.